The highest BCUT2D eigenvalue weighted by Crippen LogP contribution is 2.19. The number of likely N-dealkylation sites (tertiary alicyclic amines) is 1. The maximum Gasteiger partial charge on any atom is 0.123 e. The van der Waals surface area contributed by atoms with Gasteiger partial charge in [0.1, 0.15) is 12.7 Å². The average Bonchev–Trinajstić information content (AvgIpc) is 3.03. The van der Waals surface area contributed by atoms with Gasteiger partial charge >= 0.3 is 0 Å². The van der Waals surface area contributed by atoms with Gasteiger partial charge in [0.25, 0.3) is 0 Å². The maximum atomic E-state index is 3.85. The highest BCUT2D eigenvalue weighted by atomic mass is 15.2. The Morgan fingerprint density at radius 1 is 1.20 bits per heavy atom. The van der Waals surface area contributed by atoms with E-state index in [1.165, 1.54) is 31.6 Å². The lowest BCUT2D eigenvalue weighted by Crippen LogP contribution is -2.38. The molecule has 0 bridgehead atoms. The summed E-state index contributed by atoms with van der Waals surface area (Å²) in [5.74, 6) is 0. The molecule has 0 spiro atoms. The van der Waals surface area contributed by atoms with E-state index in [4.69, 9.17) is 0 Å². The fraction of sp³-hybridized carbons (Fsp3) is 0.467. The van der Waals surface area contributed by atoms with Crippen LogP contribution in [0.3, 0.4) is 0 Å². The molecule has 2 heterocycles. The Balaban J connectivity index is 1.65. The van der Waals surface area contributed by atoms with Crippen LogP contribution in [0.4, 0.5) is 5.69 Å². The van der Waals surface area contributed by atoms with Crippen LogP contribution in [0.2, 0.25) is 0 Å². The van der Waals surface area contributed by atoms with Crippen molar-refractivity contribution in [1.29, 1.82) is 0 Å². The summed E-state index contributed by atoms with van der Waals surface area (Å²) in [7, 11) is 0. The molecule has 5 nitrogen and oxygen atoms in total. The standard InChI is InChI=1S/C15H21N5/c1-2-19-8-6-13(7-9-19)18-14-4-3-5-15(10-14)20-11-16-17-12-20/h3-5,10-13,18H,2,6-9H2,1H3. The van der Waals surface area contributed by atoms with Crippen LogP contribution in [-0.2, 0) is 0 Å². The molecule has 1 aromatic heterocycles. The minimum absolute atomic E-state index is 0.578. The highest BCUT2D eigenvalue weighted by molar-refractivity contribution is 5.51. The first-order valence-electron chi connectivity index (χ1n) is 7.29. The van der Waals surface area contributed by atoms with Crippen LogP contribution in [0, 0.1) is 0 Å². The van der Waals surface area contributed by atoms with Gasteiger partial charge in [0.15, 0.2) is 0 Å². The molecule has 20 heavy (non-hydrogen) atoms. The van der Waals surface area contributed by atoms with Crippen molar-refractivity contribution in [3.8, 4) is 5.69 Å². The third-order valence-electron chi connectivity index (χ3n) is 3.97. The number of nitrogens with zero attached hydrogens (tertiary/aromatic N) is 4. The lowest BCUT2D eigenvalue weighted by atomic mass is 10.0. The van der Waals surface area contributed by atoms with Crippen molar-refractivity contribution in [2.24, 2.45) is 0 Å². The van der Waals surface area contributed by atoms with E-state index in [0.29, 0.717) is 6.04 Å². The van der Waals surface area contributed by atoms with Crippen molar-refractivity contribution in [1.82, 2.24) is 19.7 Å². The number of anilines is 1. The summed E-state index contributed by atoms with van der Waals surface area (Å²) in [6, 6.07) is 8.98. The predicted octanol–water partition coefficient (Wildman–Crippen LogP) is 2.16. The molecule has 1 fully saturated rings. The van der Waals surface area contributed by atoms with Gasteiger partial charge < -0.3 is 10.2 Å². The largest absolute Gasteiger partial charge is 0.382 e. The van der Waals surface area contributed by atoms with E-state index in [0.717, 1.165) is 12.2 Å². The third kappa shape index (κ3) is 2.99. The third-order valence-corrected chi connectivity index (χ3v) is 3.97. The Labute approximate surface area is 119 Å². The summed E-state index contributed by atoms with van der Waals surface area (Å²) in [5.41, 5.74) is 2.26. The molecule has 0 amide bonds. The molecule has 1 saturated heterocycles. The Kier molecular flexibility index (Phi) is 3.97. The molecular formula is C15H21N5. The van der Waals surface area contributed by atoms with Gasteiger partial charge in [-0.05, 0) is 37.6 Å². The van der Waals surface area contributed by atoms with Gasteiger partial charge in [-0.2, -0.15) is 0 Å². The summed E-state index contributed by atoms with van der Waals surface area (Å²) in [6.07, 6.45) is 5.87. The van der Waals surface area contributed by atoms with E-state index in [2.05, 4.69) is 51.6 Å². The fourth-order valence-electron chi connectivity index (χ4n) is 2.72. The molecule has 1 N–H and O–H groups in total. The van der Waals surface area contributed by atoms with Crippen molar-refractivity contribution < 1.29 is 0 Å². The molecule has 0 saturated carbocycles. The molecule has 106 valence electrons. The number of rotatable bonds is 4. The van der Waals surface area contributed by atoms with Gasteiger partial charge in [-0.3, -0.25) is 4.57 Å². The van der Waals surface area contributed by atoms with E-state index in [-0.39, 0.29) is 0 Å². The Hall–Kier alpha value is -1.88. The minimum atomic E-state index is 0.578. The summed E-state index contributed by atoms with van der Waals surface area (Å²) in [6.45, 7) is 5.78. The van der Waals surface area contributed by atoms with Crippen LogP contribution < -0.4 is 5.32 Å². The first kappa shape index (κ1) is 13.1. The van der Waals surface area contributed by atoms with Gasteiger partial charge in [0.05, 0.1) is 5.69 Å². The Bertz CT molecular complexity index is 529. The number of hydrogen-bond donors (Lipinski definition) is 1. The normalized spacial score (nSPS) is 17.2. The lowest BCUT2D eigenvalue weighted by Gasteiger charge is -2.32. The van der Waals surface area contributed by atoms with Crippen molar-refractivity contribution in [3.63, 3.8) is 0 Å². The van der Waals surface area contributed by atoms with Crippen LogP contribution >= 0.6 is 0 Å². The van der Waals surface area contributed by atoms with Gasteiger partial charge in [0.2, 0.25) is 0 Å². The SMILES string of the molecule is CCN1CCC(Nc2cccc(-n3cnnc3)c2)CC1. The molecule has 3 rings (SSSR count). The van der Waals surface area contributed by atoms with Gasteiger partial charge in [-0.1, -0.05) is 13.0 Å². The maximum absolute atomic E-state index is 3.85. The highest BCUT2D eigenvalue weighted by Gasteiger charge is 2.17. The zero-order valence-electron chi connectivity index (χ0n) is 11.9. The topological polar surface area (TPSA) is 46.0 Å². The fourth-order valence-corrected chi connectivity index (χ4v) is 2.72. The lowest BCUT2D eigenvalue weighted by molar-refractivity contribution is 0.229. The molecule has 0 atom stereocenters. The summed E-state index contributed by atoms with van der Waals surface area (Å²) in [5, 5.41) is 11.3. The zero-order chi connectivity index (χ0) is 13.8. The first-order chi connectivity index (χ1) is 9.85. The van der Waals surface area contributed by atoms with Gasteiger partial charge in [-0.15, -0.1) is 10.2 Å². The molecule has 0 aliphatic carbocycles. The van der Waals surface area contributed by atoms with E-state index in [1.54, 1.807) is 12.7 Å². The van der Waals surface area contributed by atoms with E-state index in [9.17, 15) is 0 Å². The second-order valence-corrected chi connectivity index (χ2v) is 5.27. The summed E-state index contributed by atoms with van der Waals surface area (Å²) < 4.78 is 1.92. The Morgan fingerprint density at radius 3 is 2.65 bits per heavy atom. The van der Waals surface area contributed by atoms with Crippen LogP contribution in [0.1, 0.15) is 19.8 Å². The quantitative estimate of drug-likeness (QED) is 0.925. The van der Waals surface area contributed by atoms with Crippen molar-refractivity contribution in [2.75, 3.05) is 25.0 Å². The zero-order valence-corrected chi connectivity index (χ0v) is 11.9. The van der Waals surface area contributed by atoms with E-state index >= 15 is 0 Å². The second-order valence-electron chi connectivity index (χ2n) is 5.27. The average molecular weight is 271 g/mol. The van der Waals surface area contributed by atoms with Crippen molar-refractivity contribution >= 4 is 5.69 Å². The number of benzene rings is 1. The summed E-state index contributed by atoms with van der Waals surface area (Å²) in [4.78, 5) is 2.51. The van der Waals surface area contributed by atoms with Crippen LogP contribution in [0.25, 0.3) is 5.69 Å². The van der Waals surface area contributed by atoms with Crippen LogP contribution in [0.5, 0.6) is 0 Å². The van der Waals surface area contributed by atoms with Crippen LogP contribution in [-0.4, -0.2) is 45.3 Å². The molecule has 0 unspecified atom stereocenters. The number of hydrogen-bond acceptors (Lipinski definition) is 4. The Morgan fingerprint density at radius 2 is 1.95 bits per heavy atom. The molecule has 2 aromatic rings. The number of aromatic nitrogens is 3. The smallest absolute Gasteiger partial charge is 0.123 e. The van der Waals surface area contributed by atoms with Gasteiger partial charge in [0, 0.05) is 24.8 Å². The first-order valence-corrected chi connectivity index (χ1v) is 7.29. The number of piperidine rings is 1. The molecule has 1 aliphatic heterocycles. The molecule has 1 aliphatic rings. The predicted molar refractivity (Wildman–Crippen MR) is 80.1 cm³/mol. The monoisotopic (exact) mass is 271 g/mol. The molecule has 0 radical (unpaired) electrons. The number of nitrogens with one attached hydrogen (secondary N) is 1. The van der Waals surface area contributed by atoms with Crippen LogP contribution in [0.15, 0.2) is 36.9 Å². The molecular weight excluding hydrogens is 250 g/mol. The second kappa shape index (κ2) is 6.05. The van der Waals surface area contributed by atoms with Crippen molar-refractivity contribution in [2.45, 2.75) is 25.8 Å². The minimum Gasteiger partial charge on any atom is -0.382 e. The van der Waals surface area contributed by atoms with Crippen molar-refractivity contribution in [3.05, 3.63) is 36.9 Å². The van der Waals surface area contributed by atoms with E-state index < -0.39 is 0 Å². The molecule has 5 heteroatoms. The van der Waals surface area contributed by atoms with Gasteiger partial charge in [-0.25, -0.2) is 0 Å². The summed E-state index contributed by atoms with van der Waals surface area (Å²) >= 11 is 0. The van der Waals surface area contributed by atoms with E-state index in [1.807, 2.05) is 4.57 Å². The molecule has 1 aromatic carbocycles.